The van der Waals surface area contributed by atoms with E-state index in [0.29, 0.717) is 19.4 Å². The molecule has 0 saturated heterocycles. The van der Waals surface area contributed by atoms with Gasteiger partial charge in [-0.05, 0) is 27.4 Å². The number of aliphatic hydroxyl groups is 1. The molecule has 0 rings (SSSR count). The van der Waals surface area contributed by atoms with Gasteiger partial charge >= 0.3 is 11.9 Å². The zero-order valence-electron chi connectivity index (χ0n) is 12.3. The van der Waals surface area contributed by atoms with Crippen molar-refractivity contribution in [1.82, 2.24) is 4.90 Å². The number of carbonyl (C=O) groups is 2. The number of hydrogen-bond acceptors (Lipinski definition) is 6. The monoisotopic (exact) mass is 275 g/mol. The first-order chi connectivity index (χ1) is 8.85. The first-order valence-electron chi connectivity index (χ1n) is 6.44. The molecule has 0 aliphatic carbocycles. The van der Waals surface area contributed by atoms with Crippen molar-refractivity contribution in [1.29, 1.82) is 0 Å². The number of likely N-dealkylation sites (N-methyl/N-ethyl adjacent to an activating group) is 1. The molecule has 0 bridgehead atoms. The minimum Gasteiger partial charge on any atom is -0.464 e. The topological polar surface area (TPSA) is 76.1 Å². The van der Waals surface area contributed by atoms with Crippen LogP contribution in [0, 0.1) is 5.41 Å². The zero-order valence-corrected chi connectivity index (χ0v) is 12.3. The average Bonchev–Trinajstić information content (AvgIpc) is 2.35. The maximum absolute atomic E-state index is 11.9. The second kappa shape index (κ2) is 8.87. The van der Waals surface area contributed by atoms with E-state index in [1.807, 2.05) is 25.9 Å². The van der Waals surface area contributed by atoms with Gasteiger partial charge < -0.3 is 19.5 Å². The Morgan fingerprint density at radius 3 is 2.37 bits per heavy atom. The Balaban J connectivity index is 4.25. The van der Waals surface area contributed by atoms with Gasteiger partial charge in [0.1, 0.15) is 18.6 Å². The molecule has 0 spiro atoms. The van der Waals surface area contributed by atoms with Gasteiger partial charge in [0, 0.05) is 13.0 Å². The van der Waals surface area contributed by atoms with Crippen molar-refractivity contribution in [3.05, 3.63) is 0 Å². The molecule has 0 heterocycles. The average molecular weight is 275 g/mol. The Morgan fingerprint density at radius 1 is 1.26 bits per heavy atom. The summed E-state index contributed by atoms with van der Waals surface area (Å²) in [6.45, 7) is 3.63. The molecule has 0 saturated carbocycles. The minimum atomic E-state index is -1.20. The fourth-order valence-corrected chi connectivity index (χ4v) is 1.18. The van der Waals surface area contributed by atoms with Gasteiger partial charge in [-0.25, -0.2) is 0 Å². The lowest BCUT2D eigenvalue weighted by Gasteiger charge is -2.24. The SMILES string of the molecule is CCCC(=O)OCC(C)(CO)C(=O)OCCN(C)C. The molecule has 0 fully saturated rings. The van der Waals surface area contributed by atoms with E-state index in [-0.39, 0.29) is 19.2 Å². The molecule has 0 aliphatic rings. The van der Waals surface area contributed by atoms with Gasteiger partial charge in [-0.1, -0.05) is 6.92 Å². The van der Waals surface area contributed by atoms with Crippen molar-refractivity contribution in [3.8, 4) is 0 Å². The summed E-state index contributed by atoms with van der Waals surface area (Å²) in [5.74, 6) is -0.926. The van der Waals surface area contributed by atoms with Gasteiger partial charge in [-0.15, -0.1) is 0 Å². The van der Waals surface area contributed by atoms with E-state index in [0.717, 1.165) is 0 Å². The van der Waals surface area contributed by atoms with Crippen molar-refractivity contribution in [3.63, 3.8) is 0 Å². The van der Waals surface area contributed by atoms with Crippen LogP contribution < -0.4 is 0 Å². The predicted molar refractivity (Wildman–Crippen MR) is 70.6 cm³/mol. The zero-order chi connectivity index (χ0) is 14.9. The fraction of sp³-hybridized carbons (Fsp3) is 0.846. The van der Waals surface area contributed by atoms with Gasteiger partial charge in [0.2, 0.25) is 0 Å². The Hall–Kier alpha value is -1.14. The third-order valence-electron chi connectivity index (χ3n) is 2.62. The predicted octanol–water partition coefficient (Wildman–Crippen LogP) is 0.433. The Bertz CT molecular complexity index is 293. The Morgan fingerprint density at radius 2 is 1.89 bits per heavy atom. The molecule has 19 heavy (non-hydrogen) atoms. The van der Waals surface area contributed by atoms with Crippen LogP contribution in [0.25, 0.3) is 0 Å². The van der Waals surface area contributed by atoms with Crippen LogP contribution in [-0.4, -0.2) is 62.4 Å². The standard InChI is InChI=1S/C13H25NO5/c1-5-6-11(16)19-10-13(2,9-15)12(17)18-8-7-14(3)4/h15H,5-10H2,1-4H3. The van der Waals surface area contributed by atoms with Crippen LogP contribution in [0.1, 0.15) is 26.7 Å². The Kier molecular flexibility index (Phi) is 8.34. The summed E-state index contributed by atoms with van der Waals surface area (Å²) in [6, 6.07) is 0. The number of rotatable bonds is 9. The number of nitrogens with zero attached hydrogens (tertiary/aromatic N) is 1. The smallest absolute Gasteiger partial charge is 0.317 e. The summed E-state index contributed by atoms with van der Waals surface area (Å²) >= 11 is 0. The highest BCUT2D eigenvalue weighted by atomic mass is 16.6. The lowest BCUT2D eigenvalue weighted by molar-refractivity contribution is -0.165. The third-order valence-corrected chi connectivity index (χ3v) is 2.62. The van der Waals surface area contributed by atoms with Gasteiger partial charge in [-0.3, -0.25) is 9.59 Å². The second-order valence-electron chi connectivity index (χ2n) is 5.07. The van der Waals surface area contributed by atoms with Gasteiger partial charge in [-0.2, -0.15) is 0 Å². The maximum atomic E-state index is 11.9. The molecule has 1 atom stereocenters. The van der Waals surface area contributed by atoms with E-state index in [1.54, 1.807) is 0 Å². The van der Waals surface area contributed by atoms with Gasteiger partial charge in [0.15, 0.2) is 0 Å². The first-order valence-corrected chi connectivity index (χ1v) is 6.44. The van der Waals surface area contributed by atoms with E-state index >= 15 is 0 Å². The van der Waals surface area contributed by atoms with Crippen LogP contribution in [0.3, 0.4) is 0 Å². The van der Waals surface area contributed by atoms with E-state index in [1.165, 1.54) is 6.92 Å². The van der Waals surface area contributed by atoms with Crippen LogP contribution in [0.4, 0.5) is 0 Å². The van der Waals surface area contributed by atoms with Gasteiger partial charge in [0.25, 0.3) is 0 Å². The summed E-state index contributed by atoms with van der Waals surface area (Å²) in [4.78, 5) is 25.0. The first kappa shape index (κ1) is 17.9. The van der Waals surface area contributed by atoms with E-state index in [4.69, 9.17) is 9.47 Å². The van der Waals surface area contributed by atoms with Crippen molar-refractivity contribution in [2.75, 3.05) is 40.5 Å². The third kappa shape index (κ3) is 7.12. The molecular formula is C13H25NO5. The minimum absolute atomic E-state index is 0.164. The van der Waals surface area contributed by atoms with E-state index < -0.39 is 18.0 Å². The number of esters is 2. The highest BCUT2D eigenvalue weighted by Gasteiger charge is 2.36. The highest BCUT2D eigenvalue weighted by Crippen LogP contribution is 2.18. The normalized spacial score (nSPS) is 14.0. The number of ether oxygens (including phenoxy) is 2. The largest absolute Gasteiger partial charge is 0.464 e. The summed E-state index contributed by atoms with van der Waals surface area (Å²) in [5.41, 5.74) is -1.20. The maximum Gasteiger partial charge on any atom is 0.317 e. The second-order valence-corrected chi connectivity index (χ2v) is 5.07. The molecule has 6 nitrogen and oxygen atoms in total. The van der Waals surface area contributed by atoms with Crippen LogP contribution in [-0.2, 0) is 19.1 Å². The summed E-state index contributed by atoms with van der Waals surface area (Å²) < 4.78 is 10.0. The van der Waals surface area contributed by atoms with Crippen LogP contribution in [0.5, 0.6) is 0 Å². The molecule has 0 aromatic carbocycles. The van der Waals surface area contributed by atoms with Crippen LogP contribution in [0.2, 0.25) is 0 Å². The van der Waals surface area contributed by atoms with Crippen molar-refractivity contribution in [2.24, 2.45) is 5.41 Å². The fourth-order valence-electron chi connectivity index (χ4n) is 1.18. The molecule has 0 aliphatic heterocycles. The molecular weight excluding hydrogens is 250 g/mol. The van der Waals surface area contributed by atoms with E-state index in [2.05, 4.69) is 0 Å². The lowest BCUT2D eigenvalue weighted by Crippen LogP contribution is -2.39. The molecule has 0 aromatic heterocycles. The van der Waals surface area contributed by atoms with Crippen LogP contribution in [0.15, 0.2) is 0 Å². The quantitative estimate of drug-likeness (QED) is 0.615. The molecule has 6 heteroatoms. The highest BCUT2D eigenvalue weighted by molar-refractivity contribution is 5.77. The van der Waals surface area contributed by atoms with Crippen molar-refractivity contribution >= 4 is 11.9 Å². The Labute approximate surface area is 114 Å². The van der Waals surface area contributed by atoms with Crippen molar-refractivity contribution < 1.29 is 24.2 Å². The lowest BCUT2D eigenvalue weighted by atomic mass is 9.93. The number of aliphatic hydroxyl groups excluding tert-OH is 1. The summed E-state index contributed by atoms with van der Waals surface area (Å²) in [5, 5.41) is 9.30. The number of hydrogen-bond donors (Lipinski definition) is 1. The molecule has 112 valence electrons. The molecule has 0 aromatic rings. The van der Waals surface area contributed by atoms with Gasteiger partial charge in [0.05, 0.1) is 6.61 Å². The number of carbonyl (C=O) groups excluding carboxylic acids is 2. The molecule has 0 amide bonds. The molecule has 0 radical (unpaired) electrons. The summed E-state index contributed by atoms with van der Waals surface area (Å²) in [7, 11) is 3.73. The van der Waals surface area contributed by atoms with E-state index in [9.17, 15) is 14.7 Å². The van der Waals surface area contributed by atoms with Crippen LogP contribution >= 0.6 is 0 Å². The molecule has 1 unspecified atom stereocenters. The summed E-state index contributed by atoms with van der Waals surface area (Å²) in [6.07, 6.45) is 0.985. The van der Waals surface area contributed by atoms with Crippen molar-refractivity contribution in [2.45, 2.75) is 26.7 Å². The molecule has 1 N–H and O–H groups in total.